The molecule has 0 amide bonds. The van der Waals surface area contributed by atoms with E-state index in [4.69, 9.17) is 0 Å². The van der Waals surface area contributed by atoms with Gasteiger partial charge < -0.3 is 5.73 Å². The van der Waals surface area contributed by atoms with Crippen molar-refractivity contribution in [3.63, 3.8) is 0 Å². The molecule has 0 unspecified atom stereocenters. The third kappa shape index (κ3) is 3.65. The van der Waals surface area contributed by atoms with Crippen LogP contribution in [-0.4, -0.2) is 32.3 Å². The average Bonchev–Trinajstić information content (AvgIpc) is 2.44. The molecule has 0 aromatic heterocycles. The fourth-order valence-electron chi connectivity index (χ4n) is 1.17. The van der Waals surface area contributed by atoms with Gasteiger partial charge in [0.2, 0.25) is 0 Å². The maximum atomic E-state index is 13.1. The van der Waals surface area contributed by atoms with Crippen LogP contribution < -0.4 is 10.6 Å². The molecule has 0 saturated carbocycles. The van der Waals surface area contributed by atoms with Gasteiger partial charge in [-0.05, 0) is 12.1 Å². The fourth-order valence-corrected chi connectivity index (χ4v) is 2.01. The number of rotatable bonds is 5. The van der Waals surface area contributed by atoms with E-state index in [0.29, 0.717) is 0 Å². The van der Waals surface area contributed by atoms with Crippen LogP contribution in [0.4, 0.5) is 30.7 Å². The second-order valence-electron chi connectivity index (χ2n) is 4.05. The van der Waals surface area contributed by atoms with Crippen LogP contribution in [0.2, 0.25) is 0 Å². The van der Waals surface area contributed by atoms with Crippen molar-refractivity contribution < 1.29 is 39.2 Å². The monoisotopic (exact) mass is 367 g/mol. The van der Waals surface area contributed by atoms with Crippen molar-refractivity contribution in [1.29, 1.82) is 0 Å². The molecule has 0 atom stereocenters. The molecule has 13 heteroatoms. The number of hydrogen-bond donors (Lipinski definition) is 2. The van der Waals surface area contributed by atoms with Crippen molar-refractivity contribution in [3.8, 4) is 0 Å². The van der Waals surface area contributed by atoms with Gasteiger partial charge in [0, 0.05) is 0 Å². The molecule has 0 radical (unpaired) electrons. The predicted octanol–water partition coefficient (Wildman–Crippen LogP) is 2.07. The second-order valence-corrected chi connectivity index (χ2v) is 5.71. The standard InChI is InChI=1S/C10H8F7N3O2S/c11-8(12,9(13,14)10(15,16)17)7(18)19-20-23(21,22)6-4-2-1-3-5-6/h1-5,20H,(H2,18,19). The number of nitrogens with zero attached hydrogens (tertiary/aromatic N) is 1. The summed E-state index contributed by atoms with van der Waals surface area (Å²) in [5, 5.41) is 2.25. The lowest BCUT2D eigenvalue weighted by atomic mass is 10.1. The largest absolute Gasteiger partial charge is 0.460 e. The Hall–Kier alpha value is -2.05. The number of sulfonamides is 1. The van der Waals surface area contributed by atoms with Crippen LogP contribution in [0.3, 0.4) is 0 Å². The highest BCUT2D eigenvalue weighted by Gasteiger charge is 2.75. The Labute approximate surface area is 125 Å². The van der Waals surface area contributed by atoms with Crippen molar-refractivity contribution in [2.75, 3.05) is 0 Å². The van der Waals surface area contributed by atoms with E-state index in [-0.39, 0.29) is 0 Å². The Morgan fingerprint density at radius 2 is 1.48 bits per heavy atom. The molecule has 0 spiro atoms. The Morgan fingerprint density at radius 3 is 1.91 bits per heavy atom. The third-order valence-electron chi connectivity index (χ3n) is 2.41. The van der Waals surface area contributed by atoms with Gasteiger partial charge in [-0.2, -0.15) is 44.0 Å². The summed E-state index contributed by atoms with van der Waals surface area (Å²) in [6.07, 6.45) is -6.62. The van der Waals surface area contributed by atoms with E-state index in [1.165, 1.54) is 18.2 Å². The maximum Gasteiger partial charge on any atom is 0.460 e. The normalized spacial score (nSPS) is 14.7. The van der Waals surface area contributed by atoms with E-state index in [2.05, 4.69) is 10.8 Å². The molecule has 0 bridgehead atoms. The highest BCUT2D eigenvalue weighted by Crippen LogP contribution is 2.46. The summed E-state index contributed by atoms with van der Waals surface area (Å²) in [6, 6.07) is 5.89. The van der Waals surface area contributed by atoms with Gasteiger partial charge in [-0.15, -0.1) is 5.10 Å². The van der Waals surface area contributed by atoms with Gasteiger partial charge >= 0.3 is 18.0 Å². The lowest BCUT2D eigenvalue weighted by molar-refractivity contribution is -0.336. The van der Waals surface area contributed by atoms with Crippen LogP contribution in [0, 0.1) is 0 Å². The lowest BCUT2D eigenvalue weighted by Gasteiger charge is -2.27. The molecule has 0 fully saturated rings. The van der Waals surface area contributed by atoms with Crippen molar-refractivity contribution in [3.05, 3.63) is 30.3 Å². The number of hydrazone groups is 1. The molecule has 23 heavy (non-hydrogen) atoms. The Kier molecular flexibility index (Phi) is 4.84. The number of alkyl halides is 7. The number of hydrogen-bond acceptors (Lipinski definition) is 3. The first kappa shape index (κ1) is 19.0. The molecular formula is C10H8F7N3O2S. The topological polar surface area (TPSA) is 84.5 Å². The maximum absolute atomic E-state index is 13.1. The predicted molar refractivity (Wildman–Crippen MR) is 64.3 cm³/mol. The first-order chi connectivity index (χ1) is 10.2. The van der Waals surface area contributed by atoms with Crippen LogP contribution in [0.5, 0.6) is 0 Å². The minimum atomic E-state index is -6.62. The van der Waals surface area contributed by atoms with Crippen LogP contribution in [0.25, 0.3) is 0 Å². The molecule has 1 aromatic rings. The van der Waals surface area contributed by atoms with Crippen molar-refractivity contribution in [1.82, 2.24) is 4.83 Å². The molecule has 0 aliphatic carbocycles. The molecule has 0 aliphatic rings. The molecule has 3 N–H and O–H groups in total. The molecule has 130 valence electrons. The number of nitrogens with one attached hydrogen (secondary N) is 1. The van der Waals surface area contributed by atoms with Gasteiger partial charge in [-0.1, -0.05) is 18.2 Å². The summed E-state index contributed by atoms with van der Waals surface area (Å²) in [4.78, 5) is 0.561. The SMILES string of the molecule is N/C(=N\NS(=O)(=O)c1ccccc1)C(F)(F)C(F)(F)C(F)(F)F. The zero-order valence-corrected chi connectivity index (χ0v) is 11.6. The summed E-state index contributed by atoms with van der Waals surface area (Å²) in [5.74, 6) is -15.0. The summed E-state index contributed by atoms with van der Waals surface area (Å²) in [7, 11) is -4.57. The fraction of sp³-hybridized carbons (Fsp3) is 0.300. The first-order valence-corrected chi connectivity index (χ1v) is 6.94. The third-order valence-corrected chi connectivity index (χ3v) is 3.64. The molecule has 5 nitrogen and oxygen atoms in total. The number of halogens is 7. The number of amidine groups is 1. The molecule has 0 aliphatic heterocycles. The minimum Gasteiger partial charge on any atom is -0.380 e. The zero-order valence-electron chi connectivity index (χ0n) is 10.8. The van der Waals surface area contributed by atoms with E-state index in [1.807, 2.05) is 0 Å². The Morgan fingerprint density at radius 1 is 1.00 bits per heavy atom. The number of benzene rings is 1. The van der Waals surface area contributed by atoms with Gasteiger partial charge in [0.05, 0.1) is 4.90 Å². The van der Waals surface area contributed by atoms with E-state index in [9.17, 15) is 39.2 Å². The van der Waals surface area contributed by atoms with E-state index >= 15 is 0 Å². The smallest absolute Gasteiger partial charge is 0.380 e. The van der Waals surface area contributed by atoms with Gasteiger partial charge in [-0.25, -0.2) is 0 Å². The van der Waals surface area contributed by atoms with Crippen LogP contribution in [-0.2, 0) is 10.0 Å². The Bertz CT molecular complexity index is 686. The van der Waals surface area contributed by atoms with Gasteiger partial charge in [-0.3, -0.25) is 0 Å². The number of nitrogens with two attached hydrogens (primary N) is 1. The second kappa shape index (κ2) is 5.86. The van der Waals surface area contributed by atoms with E-state index < -0.39 is 38.8 Å². The van der Waals surface area contributed by atoms with Crippen molar-refractivity contribution in [2.45, 2.75) is 22.9 Å². The molecule has 1 rings (SSSR count). The first-order valence-electron chi connectivity index (χ1n) is 5.46. The quantitative estimate of drug-likeness (QED) is 0.362. The summed E-state index contributed by atoms with van der Waals surface area (Å²) < 4.78 is 111. The van der Waals surface area contributed by atoms with Crippen LogP contribution >= 0.6 is 0 Å². The zero-order chi connectivity index (χ0) is 18.1. The van der Waals surface area contributed by atoms with Gasteiger partial charge in [0.15, 0.2) is 5.84 Å². The molecular weight excluding hydrogens is 359 g/mol. The minimum absolute atomic E-state index is 0.498. The average molecular weight is 367 g/mol. The summed E-state index contributed by atoms with van der Waals surface area (Å²) in [5.41, 5.74) is 4.41. The molecule has 0 heterocycles. The van der Waals surface area contributed by atoms with E-state index in [0.717, 1.165) is 17.0 Å². The van der Waals surface area contributed by atoms with Crippen molar-refractivity contribution in [2.24, 2.45) is 10.8 Å². The van der Waals surface area contributed by atoms with Crippen LogP contribution in [0.15, 0.2) is 40.3 Å². The van der Waals surface area contributed by atoms with Crippen molar-refractivity contribution >= 4 is 15.9 Å². The summed E-state index contributed by atoms with van der Waals surface area (Å²) >= 11 is 0. The highest BCUT2D eigenvalue weighted by molar-refractivity contribution is 7.89. The van der Waals surface area contributed by atoms with Crippen LogP contribution in [0.1, 0.15) is 0 Å². The van der Waals surface area contributed by atoms with E-state index in [1.54, 1.807) is 0 Å². The highest BCUT2D eigenvalue weighted by atomic mass is 32.2. The summed E-state index contributed by atoms with van der Waals surface area (Å²) in [6.45, 7) is 0. The molecule has 1 aromatic carbocycles. The lowest BCUT2D eigenvalue weighted by Crippen LogP contribution is -2.58. The molecule has 0 saturated heterocycles. The Balaban J connectivity index is 3.10. The van der Waals surface area contributed by atoms with Gasteiger partial charge in [0.25, 0.3) is 10.0 Å². The van der Waals surface area contributed by atoms with Gasteiger partial charge in [0.1, 0.15) is 0 Å².